The molecule has 0 bridgehead atoms. The van der Waals surface area contributed by atoms with Gasteiger partial charge in [0.05, 0.1) is 39.7 Å². The van der Waals surface area contributed by atoms with Gasteiger partial charge in [-0.3, -0.25) is 18.7 Å². The number of amides is 1. The number of hydrazone groups is 1. The third-order valence-electron chi connectivity index (χ3n) is 6.11. The lowest BCUT2D eigenvalue weighted by molar-refractivity contribution is -0.112. The molecule has 38 heavy (non-hydrogen) atoms. The summed E-state index contributed by atoms with van der Waals surface area (Å²) >= 11 is 8.94. The second kappa shape index (κ2) is 9.58. The van der Waals surface area contributed by atoms with E-state index in [2.05, 4.69) is 5.10 Å². The van der Waals surface area contributed by atoms with Crippen LogP contribution in [0.25, 0.3) is 10.6 Å². The number of halogens is 1. The van der Waals surface area contributed by atoms with E-state index < -0.39 is 20.9 Å². The Morgan fingerprint density at radius 2 is 1.87 bits per heavy atom. The molecule has 0 aliphatic carbocycles. The number of aromatic nitrogens is 1. The van der Waals surface area contributed by atoms with Gasteiger partial charge in [-0.25, -0.2) is 0 Å². The third kappa shape index (κ3) is 4.24. The molecule has 10 nitrogen and oxygen atoms in total. The van der Waals surface area contributed by atoms with E-state index in [9.17, 15) is 22.6 Å². The molecule has 0 saturated carbocycles. The lowest BCUT2D eigenvalue weighted by Crippen LogP contribution is -2.35. The van der Waals surface area contributed by atoms with E-state index in [4.69, 9.17) is 16.3 Å². The Bertz CT molecular complexity index is 1840. The monoisotopic (exact) mass is 592 g/mol. The molecule has 0 spiro atoms. The van der Waals surface area contributed by atoms with Crippen LogP contribution in [0.1, 0.15) is 13.8 Å². The van der Waals surface area contributed by atoms with Crippen molar-refractivity contribution in [3.8, 4) is 5.75 Å². The Hall–Kier alpha value is -3.10. The second-order valence-corrected chi connectivity index (χ2v) is 12.2. The molecule has 1 amide bonds. The maximum absolute atomic E-state index is 13.6. The van der Waals surface area contributed by atoms with Crippen LogP contribution in [0.5, 0.6) is 5.75 Å². The Morgan fingerprint density at radius 1 is 1.13 bits per heavy atom. The van der Waals surface area contributed by atoms with E-state index in [1.165, 1.54) is 29.2 Å². The molecule has 2 aliphatic rings. The standard InChI is InChI=1S/C24H21ClN4O6S3/c1-5-28-22(31)20(24-27(3)17-10-13(35-4)6-9-18(17)36-24)37-23(28)19-12(2)26-29(21(19)30)16-8-7-14(11-15(16)25)38(32,33)34/h6-11H,5H2,1-4H3,(H,32,33,34)/b23-19+,24-20-. The summed E-state index contributed by atoms with van der Waals surface area (Å²) in [5, 5.41) is 6.08. The summed E-state index contributed by atoms with van der Waals surface area (Å²) < 4.78 is 40.0. The lowest BCUT2D eigenvalue weighted by Gasteiger charge is -2.14. The average Bonchev–Trinajstić information content (AvgIpc) is 3.47. The van der Waals surface area contributed by atoms with Crippen LogP contribution in [-0.4, -0.2) is 43.3 Å². The highest BCUT2D eigenvalue weighted by atomic mass is 35.5. The highest BCUT2D eigenvalue weighted by Crippen LogP contribution is 2.46. The van der Waals surface area contributed by atoms with E-state index >= 15 is 0 Å². The summed E-state index contributed by atoms with van der Waals surface area (Å²) in [6.45, 7) is 3.82. The number of hydrogen-bond donors (Lipinski definition) is 1. The van der Waals surface area contributed by atoms with Crippen molar-refractivity contribution in [2.75, 3.05) is 24.1 Å². The summed E-state index contributed by atoms with van der Waals surface area (Å²) in [5.41, 5.74) is 1.47. The molecule has 5 rings (SSSR count). The molecule has 0 saturated heterocycles. The first-order chi connectivity index (χ1) is 18.0. The van der Waals surface area contributed by atoms with Crippen molar-refractivity contribution in [2.24, 2.45) is 5.10 Å². The van der Waals surface area contributed by atoms with E-state index in [0.29, 0.717) is 27.2 Å². The summed E-state index contributed by atoms with van der Waals surface area (Å²) in [6.07, 6.45) is 0. The van der Waals surface area contributed by atoms with Gasteiger partial charge in [0.1, 0.15) is 20.0 Å². The molecule has 14 heteroatoms. The number of benzene rings is 2. The van der Waals surface area contributed by atoms with Gasteiger partial charge >= 0.3 is 0 Å². The van der Waals surface area contributed by atoms with E-state index in [1.54, 1.807) is 18.6 Å². The molecule has 3 aromatic rings. The van der Waals surface area contributed by atoms with Crippen molar-refractivity contribution in [1.29, 1.82) is 0 Å². The first-order valence-electron chi connectivity index (χ1n) is 11.2. The molecular weight excluding hydrogens is 572 g/mol. The molecular formula is C24H21ClN4O6S3. The van der Waals surface area contributed by atoms with Crippen LogP contribution in [0.15, 0.2) is 56.1 Å². The fourth-order valence-electron chi connectivity index (χ4n) is 4.21. The van der Waals surface area contributed by atoms with Crippen LogP contribution in [0, 0.1) is 0 Å². The Morgan fingerprint density at radius 3 is 2.50 bits per heavy atom. The van der Waals surface area contributed by atoms with Gasteiger partial charge in [-0.2, -0.15) is 18.5 Å². The normalized spacial score (nSPS) is 18.3. The van der Waals surface area contributed by atoms with Crippen molar-refractivity contribution in [3.63, 3.8) is 0 Å². The SMILES string of the molecule is CCn1c(=O)/c(=C2/Sc3ccc(OC)cc3N2C)s/c1=C1/C(=O)N(c2ccc(S(=O)(=O)O)cc2Cl)N=C1C. The van der Waals surface area contributed by atoms with E-state index in [0.717, 1.165) is 32.8 Å². The van der Waals surface area contributed by atoms with Gasteiger partial charge in [0.25, 0.3) is 21.6 Å². The maximum atomic E-state index is 13.6. The number of nitrogens with zero attached hydrogens (tertiary/aromatic N) is 4. The zero-order valence-electron chi connectivity index (χ0n) is 20.6. The number of ether oxygens (including phenoxy) is 1. The van der Waals surface area contributed by atoms with Crippen molar-refractivity contribution in [3.05, 3.63) is 61.0 Å². The number of carbonyl (C=O) groups excluding carboxylic acids is 1. The Balaban J connectivity index is 1.66. The number of thioether (sulfide) groups is 1. The summed E-state index contributed by atoms with van der Waals surface area (Å²) in [4.78, 5) is 29.6. The predicted molar refractivity (Wildman–Crippen MR) is 149 cm³/mol. The molecule has 2 aromatic carbocycles. The Kier molecular flexibility index (Phi) is 6.68. The van der Waals surface area contributed by atoms with Gasteiger partial charge < -0.3 is 9.64 Å². The van der Waals surface area contributed by atoms with Gasteiger partial charge in [-0.15, -0.1) is 11.3 Å². The van der Waals surface area contributed by atoms with Crippen molar-refractivity contribution in [1.82, 2.24) is 4.57 Å². The van der Waals surface area contributed by atoms with Crippen LogP contribution < -0.4 is 29.4 Å². The number of fused-ring (bicyclic) bond motifs is 1. The maximum Gasteiger partial charge on any atom is 0.294 e. The zero-order chi connectivity index (χ0) is 27.5. The molecule has 0 unspecified atom stereocenters. The molecule has 0 atom stereocenters. The smallest absolute Gasteiger partial charge is 0.294 e. The minimum atomic E-state index is -4.47. The van der Waals surface area contributed by atoms with Crippen molar-refractivity contribution in [2.45, 2.75) is 30.2 Å². The molecule has 1 aromatic heterocycles. The number of rotatable bonds is 4. The lowest BCUT2D eigenvalue weighted by atomic mass is 10.2. The number of hydrogen-bond acceptors (Lipinski definition) is 9. The number of carbonyl (C=O) groups is 1. The van der Waals surface area contributed by atoms with Gasteiger partial charge in [0.2, 0.25) is 0 Å². The molecule has 0 radical (unpaired) electrons. The topological polar surface area (TPSA) is 122 Å². The van der Waals surface area contributed by atoms with Gasteiger partial charge in [-0.1, -0.05) is 23.4 Å². The van der Waals surface area contributed by atoms with Crippen LogP contribution in [0.3, 0.4) is 0 Å². The number of thiazole rings is 1. The largest absolute Gasteiger partial charge is 0.497 e. The van der Waals surface area contributed by atoms with Crippen molar-refractivity contribution >= 4 is 78.4 Å². The minimum Gasteiger partial charge on any atom is -0.497 e. The molecule has 198 valence electrons. The molecule has 0 fully saturated rings. The number of methoxy groups -OCH3 is 1. The molecule has 3 heterocycles. The van der Waals surface area contributed by atoms with Crippen molar-refractivity contribution < 1.29 is 22.5 Å². The summed E-state index contributed by atoms with van der Waals surface area (Å²) in [7, 11) is -0.997. The highest BCUT2D eigenvalue weighted by molar-refractivity contribution is 8.08. The van der Waals surface area contributed by atoms with Gasteiger partial charge in [0.15, 0.2) is 0 Å². The molecule has 1 N–H and O–H groups in total. The first-order valence-corrected chi connectivity index (χ1v) is 14.7. The first kappa shape index (κ1) is 26.5. The summed E-state index contributed by atoms with van der Waals surface area (Å²) in [6, 6.07) is 9.18. The molecule has 2 aliphatic heterocycles. The quantitative estimate of drug-likeness (QED) is 0.459. The second-order valence-electron chi connectivity index (χ2n) is 8.35. The minimum absolute atomic E-state index is 0.0845. The van der Waals surface area contributed by atoms with Gasteiger partial charge in [-0.05, 0) is 44.2 Å². The van der Waals surface area contributed by atoms with E-state index in [-0.39, 0.29) is 21.8 Å². The van der Waals surface area contributed by atoms with Gasteiger partial charge in [0, 0.05) is 24.6 Å². The highest BCUT2D eigenvalue weighted by Gasteiger charge is 2.33. The Labute approximate surface area is 230 Å². The number of anilines is 2. The summed E-state index contributed by atoms with van der Waals surface area (Å²) in [5.74, 6) is 0.196. The average molecular weight is 593 g/mol. The van der Waals surface area contributed by atoms with Crippen LogP contribution >= 0.6 is 34.7 Å². The fourth-order valence-corrected chi connectivity index (χ4v) is 7.62. The van der Waals surface area contributed by atoms with Crippen LogP contribution in [0.2, 0.25) is 5.02 Å². The third-order valence-corrected chi connectivity index (χ3v) is 9.82. The van der Waals surface area contributed by atoms with Crippen LogP contribution in [-0.2, 0) is 21.5 Å². The fraction of sp³-hybridized carbons (Fsp3) is 0.208. The zero-order valence-corrected chi connectivity index (χ0v) is 23.8. The van der Waals surface area contributed by atoms with E-state index in [1.807, 2.05) is 37.1 Å². The predicted octanol–water partition coefficient (Wildman–Crippen LogP) is 2.72. The van der Waals surface area contributed by atoms with Crippen LogP contribution in [0.4, 0.5) is 11.4 Å².